The van der Waals surface area contributed by atoms with Crippen LogP contribution in [0.2, 0.25) is 0 Å². The van der Waals surface area contributed by atoms with E-state index in [1.807, 2.05) is 0 Å². The van der Waals surface area contributed by atoms with Gasteiger partial charge in [-0.1, -0.05) is 13.3 Å². The normalized spacial score (nSPS) is 23.3. The van der Waals surface area contributed by atoms with Crippen molar-refractivity contribution in [1.29, 1.82) is 5.26 Å². The molecule has 2 N–H and O–H groups in total. The first-order valence-corrected chi connectivity index (χ1v) is 6.57. The van der Waals surface area contributed by atoms with Crippen molar-refractivity contribution in [3.8, 4) is 11.9 Å². The molecule has 2 unspecified atom stereocenters. The number of hydrogen-bond donors (Lipinski definition) is 1. The number of ether oxygens (including phenoxy) is 1. The molecule has 0 spiro atoms. The summed E-state index contributed by atoms with van der Waals surface area (Å²) >= 11 is 0. The average molecular weight is 245 g/mol. The standard InChI is InChI=1S/C14H19N3O/c1-2-10-5-3-4-6-13(10)18-14-11(8-15)7-12(16)9-17-14/h7,9-10,13H,2-6,16H2,1H3. The lowest BCUT2D eigenvalue weighted by molar-refractivity contribution is 0.0856. The van der Waals surface area contributed by atoms with Crippen LogP contribution in [0.1, 0.15) is 44.6 Å². The molecule has 4 nitrogen and oxygen atoms in total. The number of hydrogen-bond acceptors (Lipinski definition) is 4. The minimum atomic E-state index is 0.187. The summed E-state index contributed by atoms with van der Waals surface area (Å²) in [6.45, 7) is 2.19. The largest absolute Gasteiger partial charge is 0.473 e. The summed E-state index contributed by atoms with van der Waals surface area (Å²) in [4.78, 5) is 4.14. The second-order valence-electron chi connectivity index (χ2n) is 4.84. The summed E-state index contributed by atoms with van der Waals surface area (Å²) in [5, 5.41) is 9.07. The molecule has 1 aliphatic rings. The summed E-state index contributed by atoms with van der Waals surface area (Å²) in [7, 11) is 0. The Morgan fingerprint density at radius 3 is 3.00 bits per heavy atom. The van der Waals surface area contributed by atoms with Crippen molar-refractivity contribution in [2.45, 2.75) is 45.1 Å². The Balaban J connectivity index is 2.15. The highest BCUT2D eigenvalue weighted by Crippen LogP contribution is 2.31. The van der Waals surface area contributed by atoms with Gasteiger partial charge in [-0.15, -0.1) is 0 Å². The zero-order valence-electron chi connectivity index (χ0n) is 10.7. The van der Waals surface area contributed by atoms with E-state index in [2.05, 4.69) is 18.0 Å². The van der Waals surface area contributed by atoms with Gasteiger partial charge in [0, 0.05) is 0 Å². The molecule has 2 rings (SSSR count). The molecule has 0 bridgehead atoms. The minimum Gasteiger partial charge on any atom is -0.473 e. The summed E-state index contributed by atoms with van der Waals surface area (Å²) in [6.07, 6.45) is 7.57. The Morgan fingerprint density at radius 1 is 1.50 bits per heavy atom. The lowest BCUT2D eigenvalue weighted by atomic mass is 9.85. The van der Waals surface area contributed by atoms with Gasteiger partial charge in [0.1, 0.15) is 17.7 Å². The fourth-order valence-electron chi connectivity index (χ4n) is 2.58. The molecule has 1 aromatic rings. The van der Waals surface area contributed by atoms with E-state index in [9.17, 15) is 0 Å². The van der Waals surface area contributed by atoms with E-state index < -0.39 is 0 Å². The van der Waals surface area contributed by atoms with Crippen LogP contribution in [0.25, 0.3) is 0 Å². The third-order valence-corrected chi connectivity index (χ3v) is 3.62. The first-order valence-electron chi connectivity index (χ1n) is 6.57. The number of nitrogens with two attached hydrogens (primary N) is 1. The Kier molecular flexibility index (Phi) is 4.03. The minimum absolute atomic E-state index is 0.187. The predicted octanol–water partition coefficient (Wildman–Crippen LogP) is 2.88. The molecule has 1 heterocycles. The van der Waals surface area contributed by atoms with Gasteiger partial charge in [0.25, 0.3) is 0 Å². The summed E-state index contributed by atoms with van der Waals surface area (Å²) < 4.78 is 5.95. The molecule has 96 valence electrons. The quantitative estimate of drug-likeness (QED) is 0.888. The third kappa shape index (κ3) is 2.73. The van der Waals surface area contributed by atoms with Crippen molar-refractivity contribution in [3.63, 3.8) is 0 Å². The Bertz CT molecular complexity index is 453. The fourth-order valence-corrected chi connectivity index (χ4v) is 2.58. The van der Waals surface area contributed by atoms with Crippen LogP contribution in [0, 0.1) is 17.2 Å². The van der Waals surface area contributed by atoms with Gasteiger partial charge in [-0.05, 0) is 37.7 Å². The summed E-state index contributed by atoms with van der Waals surface area (Å²) in [5.41, 5.74) is 6.54. The van der Waals surface area contributed by atoms with Gasteiger partial charge in [-0.3, -0.25) is 0 Å². The highest BCUT2D eigenvalue weighted by molar-refractivity contribution is 5.48. The maximum atomic E-state index is 9.07. The van der Waals surface area contributed by atoms with E-state index in [1.54, 1.807) is 12.3 Å². The van der Waals surface area contributed by atoms with Crippen molar-refractivity contribution >= 4 is 5.69 Å². The molecule has 0 aliphatic heterocycles. The van der Waals surface area contributed by atoms with Gasteiger partial charge in [-0.2, -0.15) is 5.26 Å². The topological polar surface area (TPSA) is 71.9 Å². The van der Waals surface area contributed by atoms with Crippen LogP contribution in [-0.2, 0) is 0 Å². The molecule has 1 saturated carbocycles. The van der Waals surface area contributed by atoms with Gasteiger partial charge in [0.05, 0.1) is 11.9 Å². The molecule has 1 aliphatic carbocycles. The van der Waals surface area contributed by atoms with Crippen LogP contribution >= 0.6 is 0 Å². The van der Waals surface area contributed by atoms with Crippen LogP contribution in [0.15, 0.2) is 12.3 Å². The molecule has 0 aromatic carbocycles. The van der Waals surface area contributed by atoms with Crippen molar-refractivity contribution in [2.75, 3.05) is 5.73 Å². The molecule has 0 radical (unpaired) electrons. The molecule has 18 heavy (non-hydrogen) atoms. The van der Waals surface area contributed by atoms with Crippen LogP contribution in [0.3, 0.4) is 0 Å². The Morgan fingerprint density at radius 2 is 2.28 bits per heavy atom. The second-order valence-corrected chi connectivity index (χ2v) is 4.84. The lowest BCUT2D eigenvalue weighted by Gasteiger charge is -2.30. The number of nitriles is 1. The average Bonchev–Trinajstić information content (AvgIpc) is 2.41. The number of anilines is 1. The number of nitrogens with zero attached hydrogens (tertiary/aromatic N) is 2. The summed E-state index contributed by atoms with van der Waals surface area (Å²) in [5.74, 6) is 1.00. The molecule has 0 saturated heterocycles. The van der Waals surface area contributed by atoms with E-state index in [1.165, 1.54) is 19.3 Å². The lowest BCUT2D eigenvalue weighted by Crippen LogP contribution is -2.30. The van der Waals surface area contributed by atoms with Crippen LogP contribution < -0.4 is 10.5 Å². The van der Waals surface area contributed by atoms with Crippen LogP contribution in [0.5, 0.6) is 5.88 Å². The summed E-state index contributed by atoms with van der Waals surface area (Å²) in [6, 6.07) is 3.71. The third-order valence-electron chi connectivity index (χ3n) is 3.62. The molecule has 0 amide bonds. The monoisotopic (exact) mass is 245 g/mol. The van der Waals surface area contributed by atoms with Crippen molar-refractivity contribution < 1.29 is 4.74 Å². The van der Waals surface area contributed by atoms with Crippen molar-refractivity contribution in [3.05, 3.63) is 17.8 Å². The molecular formula is C14H19N3O. The first kappa shape index (κ1) is 12.7. The number of aromatic nitrogens is 1. The van der Waals surface area contributed by atoms with Gasteiger partial charge in [0.2, 0.25) is 5.88 Å². The zero-order valence-corrected chi connectivity index (χ0v) is 10.7. The molecular weight excluding hydrogens is 226 g/mol. The molecule has 4 heteroatoms. The smallest absolute Gasteiger partial charge is 0.232 e. The van der Waals surface area contributed by atoms with E-state index in [0.717, 1.165) is 12.8 Å². The SMILES string of the molecule is CCC1CCCCC1Oc1ncc(N)cc1C#N. The maximum absolute atomic E-state index is 9.07. The van der Waals surface area contributed by atoms with E-state index >= 15 is 0 Å². The first-order chi connectivity index (χ1) is 8.74. The van der Waals surface area contributed by atoms with Crippen molar-refractivity contribution in [2.24, 2.45) is 5.92 Å². The van der Waals surface area contributed by atoms with E-state index in [0.29, 0.717) is 23.0 Å². The zero-order chi connectivity index (χ0) is 13.0. The number of nitrogen functional groups attached to an aromatic ring is 1. The predicted molar refractivity (Wildman–Crippen MR) is 70.0 cm³/mol. The van der Waals surface area contributed by atoms with E-state index in [4.69, 9.17) is 15.7 Å². The van der Waals surface area contributed by atoms with Crippen molar-refractivity contribution in [1.82, 2.24) is 4.98 Å². The maximum Gasteiger partial charge on any atom is 0.232 e. The van der Waals surface area contributed by atoms with Gasteiger partial charge < -0.3 is 10.5 Å². The number of rotatable bonds is 3. The van der Waals surface area contributed by atoms with Gasteiger partial charge in [0.15, 0.2) is 0 Å². The fraction of sp³-hybridized carbons (Fsp3) is 0.571. The highest BCUT2D eigenvalue weighted by atomic mass is 16.5. The van der Waals surface area contributed by atoms with E-state index in [-0.39, 0.29) is 6.10 Å². The molecule has 1 aromatic heterocycles. The van der Waals surface area contributed by atoms with Crippen LogP contribution in [-0.4, -0.2) is 11.1 Å². The molecule has 2 atom stereocenters. The Hall–Kier alpha value is -1.76. The number of pyridine rings is 1. The van der Waals surface area contributed by atoms with Gasteiger partial charge in [-0.25, -0.2) is 4.98 Å². The molecule has 1 fully saturated rings. The Labute approximate surface area is 108 Å². The van der Waals surface area contributed by atoms with Gasteiger partial charge >= 0.3 is 0 Å². The van der Waals surface area contributed by atoms with Crippen LogP contribution in [0.4, 0.5) is 5.69 Å². The second kappa shape index (κ2) is 5.72. The highest BCUT2D eigenvalue weighted by Gasteiger charge is 2.26.